The van der Waals surface area contributed by atoms with E-state index in [1.54, 1.807) is 0 Å². The number of ether oxygens (including phenoxy) is 1. The van der Waals surface area contributed by atoms with Gasteiger partial charge in [0.05, 0.1) is 16.3 Å². The molecule has 8 nitrogen and oxygen atoms in total. The first kappa shape index (κ1) is 21.3. The van der Waals surface area contributed by atoms with Gasteiger partial charge in [0.2, 0.25) is 0 Å². The first-order valence-electron chi connectivity index (χ1n) is 9.29. The van der Waals surface area contributed by atoms with Crippen LogP contribution in [0.25, 0.3) is 0 Å². The Kier molecular flexibility index (Phi) is 6.28. The second-order valence-electron chi connectivity index (χ2n) is 6.83. The zero-order valence-electron chi connectivity index (χ0n) is 16.0. The fourth-order valence-corrected chi connectivity index (χ4v) is 4.75. The van der Waals surface area contributed by atoms with Gasteiger partial charge in [0, 0.05) is 19.5 Å². The zero-order valence-corrected chi connectivity index (χ0v) is 17.6. The van der Waals surface area contributed by atoms with Crippen molar-refractivity contribution in [3.05, 3.63) is 35.4 Å². The number of halogens is 1. The molecule has 2 heterocycles. The van der Waals surface area contributed by atoms with Crippen molar-refractivity contribution in [1.82, 2.24) is 5.32 Å². The molecule has 1 saturated heterocycles. The lowest BCUT2D eigenvalue weighted by Crippen LogP contribution is -2.36. The maximum Gasteiger partial charge on any atom is 0.340 e. The molecule has 1 amide bonds. The van der Waals surface area contributed by atoms with E-state index in [9.17, 15) is 18.0 Å². The average molecular weight is 440 g/mol. The van der Waals surface area contributed by atoms with Crippen LogP contribution in [0.2, 0.25) is 5.02 Å². The third-order valence-electron chi connectivity index (χ3n) is 4.73. The second-order valence-corrected chi connectivity index (χ2v) is 8.81. The van der Waals surface area contributed by atoms with Crippen molar-refractivity contribution in [3.63, 3.8) is 0 Å². The van der Waals surface area contributed by atoms with Crippen molar-refractivity contribution in [2.75, 3.05) is 18.0 Å². The number of carbonyl (C=O) groups excluding carboxylic acids is 2. The van der Waals surface area contributed by atoms with Gasteiger partial charge in [-0.3, -0.25) is 4.79 Å². The number of fused-ring (bicyclic) bond motifs is 3. The van der Waals surface area contributed by atoms with Gasteiger partial charge in [-0.1, -0.05) is 24.1 Å². The Labute approximate surface area is 174 Å². The molecular weight excluding hydrogens is 418 g/mol. The summed E-state index contributed by atoms with van der Waals surface area (Å²) in [5, 5.41) is 2.57. The van der Waals surface area contributed by atoms with Crippen LogP contribution in [0.1, 0.15) is 43.0 Å². The third kappa shape index (κ3) is 4.45. The van der Waals surface area contributed by atoms with Gasteiger partial charge >= 0.3 is 5.97 Å². The van der Waals surface area contributed by atoms with E-state index < -0.39 is 28.0 Å². The van der Waals surface area contributed by atoms with Crippen molar-refractivity contribution in [2.24, 2.45) is 4.40 Å². The molecule has 0 saturated carbocycles. The van der Waals surface area contributed by atoms with Crippen LogP contribution in [0.3, 0.4) is 0 Å². The fourth-order valence-electron chi connectivity index (χ4n) is 3.25. The Morgan fingerprint density at radius 3 is 2.86 bits per heavy atom. The Morgan fingerprint density at radius 2 is 2.14 bits per heavy atom. The normalized spacial score (nSPS) is 18.4. The minimum Gasteiger partial charge on any atom is -0.449 e. The van der Waals surface area contributed by atoms with Crippen molar-refractivity contribution < 1.29 is 22.7 Å². The topological polar surface area (TPSA) is 105 Å². The maximum atomic E-state index is 12.7. The minimum absolute atomic E-state index is 0.0492. The molecule has 0 spiro atoms. The summed E-state index contributed by atoms with van der Waals surface area (Å²) >= 11 is 6.29. The van der Waals surface area contributed by atoms with E-state index >= 15 is 0 Å². The number of amidine groups is 1. The number of benzene rings is 1. The number of carbonyl (C=O) groups is 2. The fraction of sp³-hybridized carbons (Fsp3) is 0.421. The molecule has 0 bridgehead atoms. The minimum atomic E-state index is -3.97. The predicted molar refractivity (Wildman–Crippen MR) is 110 cm³/mol. The van der Waals surface area contributed by atoms with Crippen molar-refractivity contribution >= 4 is 45.0 Å². The molecule has 1 atom stereocenters. The Bertz CT molecular complexity index is 990. The van der Waals surface area contributed by atoms with Gasteiger partial charge in [-0.25, -0.2) is 4.79 Å². The molecule has 1 aromatic rings. The SMILES string of the molecule is C=CCNC(=O)C(C)OC(=O)c1cc2c(cc1Cl)N1CCCCCC1=NS2(=O)=O. The largest absolute Gasteiger partial charge is 0.449 e. The van der Waals surface area contributed by atoms with E-state index in [1.165, 1.54) is 25.1 Å². The van der Waals surface area contributed by atoms with E-state index in [1.807, 2.05) is 4.90 Å². The van der Waals surface area contributed by atoms with Gasteiger partial charge in [-0.15, -0.1) is 11.0 Å². The van der Waals surface area contributed by atoms with Crippen LogP contribution in [-0.2, 0) is 19.6 Å². The summed E-state index contributed by atoms with van der Waals surface area (Å²) < 4.78 is 34.5. The lowest BCUT2D eigenvalue weighted by atomic mass is 10.1. The second kappa shape index (κ2) is 8.54. The number of hydrogen-bond donors (Lipinski definition) is 1. The standard InChI is InChI=1S/C19H22ClN3O5S/c1-3-8-21-18(24)12(2)28-19(25)13-10-16-15(11-14(13)20)23-9-6-4-5-7-17(23)22-29(16,26)27/h3,10-12H,1,4-9H2,2H3,(H,21,24). The molecule has 1 fully saturated rings. The van der Waals surface area contributed by atoms with Gasteiger partial charge in [-0.05, 0) is 31.9 Å². The number of sulfonamides is 1. The summed E-state index contributed by atoms with van der Waals surface area (Å²) in [6.07, 6.45) is 3.73. The number of anilines is 1. The van der Waals surface area contributed by atoms with Gasteiger partial charge in [0.15, 0.2) is 6.10 Å². The number of hydrogen-bond acceptors (Lipinski definition) is 6. The quantitative estimate of drug-likeness (QED) is 0.558. The molecule has 0 radical (unpaired) electrons. The van der Waals surface area contributed by atoms with Crippen LogP contribution < -0.4 is 10.2 Å². The first-order chi connectivity index (χ1) is 13.7. The molecule has 2 aliphatic heterocycles. The van der Waals surface area contributed by atoms with Gasteiger partial charge in [0.1, 0.15) is 10.7 Å². The van der Waals surface area contributed by atoms with Gasteiger partial charge < -0.3 is 15.0 Å². The number of amides is 1. The van der Waals surface area contributed by atoms with Crippen LogP contribution in [0.5, 0.6) is 0 Å². The van der Waals surface area contributed by atoms with Crippen molar-refractivity contribution in [1.29, 1.82) is 0 Å². The van der Waals surface area contributed by atoms with E-state index in [0.717, 1.165) is 19.3 Å². The molecule has 1 aromatic carbocycles. The first-order valence-corrected chi connectivity index (χ1v) is 11.1. The molecule has 1 unspecified atom stereocenters. The summed E-state index contributed by atoms with van der Waals surface area (Å²) in [6, 6.07) is 2.63. The van der Waals surface area contributed by atoms with E-state index in [4.69, 9.17) is 16.3 Å². The molecule has 156 valence electrons. The van der Waals surface area contributed by atoms with E-state index in [-0.39, 0.29) is 22.0 Å². The van der Waals surface area contributed by atoms with E-state index in [2.05, 4.69) is 16.3 Å². The third-order valence-corrected chi connectivity index (χ3v) is 6.38. The predicted octanol–water partition coefficient (Wildman–Crippen LogP) is 2.67. The molecule has 1 N–H and O–H groups in total. The molecular formula is C19H22ClN3O5S. The Hall–Kier alpha value is -2.39. The van der Waals surface area contributed by atoms with Crippen LogP contribution >= 0.6 is 11.6 Å². The summed E-state index contributed by atoms with van der Waals surface area (Å²) in [4.78, 5) is 26.2. The highest BCUT2D eigenvalue weighted by atomic mass is 35.5. The molecule has 29 heavy (non-hydrogen) atoms. The van der Waals surface area contributed by atoms with Crippen molar-refractivity contribution in [2.45, 2.75) is 43.6 Å². The zero-order chi connectivity index (χ0) is 21.2. The Morgan fingerprint density at radius 1 is 1.38 bits per heavy atom. The molecule has 3 rings (SSSR count). The van der Waals surface area contributed by atoms with Gasteiger partial charge in [-0.2, -0.15) is 8.42 Å². The lowest BCUT2D eigenvalue weighted by molar-refractivity contribution is -0.128. The van der Waals surface area contributed by atoms with Crippen molar-refractivity contribution in [3.8, 4) is 0 Å². The van der Waals surface area contributed by atoms with Crippen LogP contribution in [-0.4, -0.2) is 45.3 Å². The monoisotopic (exact) mass is 439 g/mol. The van der Waals surface area contributed by atoms with E-state index in [0.29, 0.717) is 24.5 Å². The molecule has 10 heteroatoms. The van der Waals surface area contributed by atoms with Crippen LogP contribution in [0.15, 0.2) is 34.1 Å². The maximum absolute atomic E-state index is 12.7. The molecule has 0 aliphatic carbocycles. The molecule has 2 aliphatic rings. The van der Waals surface area contributed by atoms with Crippen LogP contribution in [0, 0.1) is 0 Å². The summed E-state index contributed by atoms with van der Waals surface area (Å²) in [5.41, 5.74) is 0.279. The summed E-state index contributed by atoms with van der Waals surface area (Å²) in [6.45, 7) is 5.76. The highest BCUT2D eigenvalue weighted by Crippen LogP contribution is 2.38. The highest BCUT2D eigenvalue weighted by molar-refractivity contribution is 7.90. The number of nitrogens with one attached hydrogen (secondary N) is 1. The highest BCUT2D eigenvalue weighted by Gasteiger charge is 2.34. The number of esters is 1. The lowest BCUT2D eigenvalue weighted by Gasteiger charge is -2.30. The smallest absolute Gasteiger partial charge is 0.340 e. The number of rotatable bonds is 5. The van der Waals surface area contributed by atoms with Crippen LogP contribution in [0.4, 0.5) is 5.69 Å². The Balaban J connectivity index is 1.92. The van der Waals surface area contributed by atoms with Gasteiger partial charge in [0.25, 0.3) is 15.9 Å². The summed E-state index contributed by atoms with van der Waals surface area (Å²) in [7, 11) is -3.97. The number of nitrogens with zero attached hydrogens (tertiary/aromatic N) is 2. The average Bonchev–Trinajstić information content (AvgIpc) is 2.90. The summed E-state index contributed by atoms with van der Waals surface area (Å²) in [5.74, 6) is -0.896. The molecule has 0 aromatic heterocycles.